The van der Waals surface area contributed by atoms with Crippen molar-refractivity contribution in [3.05, 3.63) is 12.7 Å². The molecule has 1 rings (SSSR count). The molecule has 0 N–H and O–H groups in total. The molecular weight excluding hydrogens is 132 g/mol. The van der Waals surface area contributed by atoms with Gasteiger partial charge in [-0.25, -0.2) is 5.11 Å². The second-order valence-corrected chi connectivity index (χ2v) is 1.42. The fourth-order valence-corrected chi connectivity index (χ4v) is 0.279. The molecule has 10 heavy (non-hydrogen) atoms. The van der Waals surface area contributed by atoms with Crippen molar-refractivity contribution in [2.24, 2.45) is 0 Å². The Kier molecular flexibility index (Phi) is 8.58. The van der Waals surface area contributed by atoms with Crippen molar-refractivity contribution in [1.29, 1.82) is 0 Å². The number of hydrogen-bond acceptors (Lipinski definition) is 3. The van der Waals surface area contributed by atoms with Gasteiger partial charge in [-0.3, -0.25) is 0 Å². The van der Waals surface area contributed by atoms with Crippen molar-refractivity contribution in [3.8, 4) is 0 Å². The molecule has 1 aliphatic rings. The van der Waals surface area contributed by atoms with Gasteiger partial charge >= 0.3 is 23.1 Å². The maximum Gasteiger partial charge on any atom is 0.410 e. The summed E-state index contributed by atoms with van der Waals surface area (Å²) in [4.78, 5) is 0. The summed E-state index contributed by atoms with van der Waals surface area (Å²) < 4.78 is 13.9. The van der Waals surface area contributed by atoms with Crippen LogP contribution in [0.15, 0.2) is 12.7 Å². The standard InChI is InChI=1S/C3H5O.B3H3O3/c1-2-3-4;1-4-2-6-3-5-1/h2H,1,3H2;1-3H. The fourth-order valence-electron chi connectivity index (χ4n) is 0.279. The van der Waals surface area contributed by atoms with Gasteiger partial charge in [-0.2, -0.15) is 0 Å². The summed E-state index contributed by atoms with van der Waals surface area (Å²) in [5.41, 5.74) is 0. The third-order valence-electron chi connectivity index (χ3n) is 0.618. The van der Waals surface area contributed by atoms with E-state index in [0.29, 0.717) is 23.1 Å². The lowest BCUT2D eigenvalue weighted by Crippen LogP contribution is -2.23. The van der Waals surface area contributed by atoms with Gasteiger partial charge in [0.2, 0.25) is 0 Å². The highest BCUT2D eigenvalue weighted by atomic mass is 16.7. The van der Waals surface area contributed by atoms with Crippen LogP contribution in [0.5, 0.6) is 0 Å². The molecule has 0 aromatic rings. The van der Waals surface area contributed by atoms with Gasteiger partial charge in [0.25, 0.3) is 0 Å². The molecule has 0 atom stereocenters. The molecule has 1 radical (unpaired) electrons. The molecule has 0 aliphatic carbocycles. The zero-order valence-corrected chi connectivity index (χ0v) is 5.75. The van der Waals surface area contributed by atoms with Gasteiger partial charge in [0.15, 0.2) is 0 Å². The van der Waals surface area contributed by atoms with E-state index in [-0.39, 0.29) is 6.61 Å². The van der Waals surface area contributed by atoms with Gasteiger partial charge in [0, 0.05) is 0 Å². The van der Waals surface area contributed by atoms with Crippen LogP contribution < -0.4 is 0 Å². The van der Waals surface area contributed by atoms with Gasteiger partial charge in [-0.15, -0.1) is 6.58 Å². The van der Waals surface area contributed by atoms with Crippen molar-refractivity contribution in [2.75, 3.05) is 6.61 Å². The zero-order chi connectivity index (χ0) is 7.66. The van der Waals surface area contributed by atoms with E-state index in [4.69, 9.17) is 0 Å². The molecule has 0 amide bonds. The predicted octanol–water partition coefficient (Wildman–Crippen LogP) is -1.55. The van der Waals surface area contributed by atoms with Crippen molar-refractivity contribution in [2.45, 2.75) is 0 Å². The first kappa shape index (κ1) is 9.77. The average molecular weight is 141 g/mol. The summed E-state index contributed by atoms with van der Waals surface area (Å²) in [6, 6.07) is 0. The molecule has 1 heterocycles. The lowest BCUT2D eigenvalue weighted by atomic mass is 10.1. The zero-order valence-electron chi connectivity index (χ0n) is 5.75. The molecule has 1 saturated heterocycles. The van der Waals surface area contributed by atoms with Crippen LogP contribution in [0.4, 0.5) is 0 Å². The van der Waals surface area contributed by atoms with E-state index < -0.39 is 0 Å². The molecule has 0 saturated carbocycles. The number of hydrogen-bond donors (Lipinski definition) is 0. The van der Waals surface area contributed by atoms with Crippen LogP contribution in [-0.4, -0.2) is 29.7 Å². The maximum absolute atomic E-state index is 9.18. The Labute approximate surface area is 62.1 Å². The largest absolute Gasteiger partial charge is 0.458 e. The molecule has 1 aliphatic heterocycles. The molecule has 0 spiro atoms. The van der Waals surface area contributed by atoms with E-state index in [0.717, 1.165) is 0 Å². The summed E-state index contributed by atoms with van der Waals surface area (Å²) >= 11 is 0. The molecule has 0 aromatic heterocycles. The lowest BCUT2D eigenvalue weighted by molar-refractivity contribution is 0.232. The minimum atomic E-state index is -0.167. The second kappa shape index (κ2) is 8.77. The normalized spacial score (nSPS) is 14.5. The fraction of sp³-hybridized carbons (Fsp3) is 0.333. The Hall–Kier alpha value is -0.225. The monoisotopic (exact) mass is 141 g/mol. The third-order valence-corrected chi connectivity index (χ3v) is 0.618. The van der Waals surface area contributed by atoms with Crippen LogP contribution in [0.1, 0.15) is 0 Å². The Morgan fingerprint density at radius 1 is 1.20 bits per heavy atom. The summed E-state index contributed by atoms with van der Waals surface area (Å²) in [5.74, 6) is 0. The lowest BCUT2D eigenvalue weighted by Gasteiger charge is -2.07. The highest BCUT2D eigenvalue weighted by Crippen LogP contribution is 1.78. The van der Waals surface area contributed by atoms with Crippen LogP contribution >= 0.6 is 0 Å². The van der Waals surface area contributed by atoms with E-state index >= 15 is 0 Å². The van der Waals surface area contributed by atoms with Crippen molar-refractivity contribution >= 4 is 23.1 Å². The van der Waals surface area contributed by atoms with E-state index in [1.165, 1.54) is 6.08 Å². The minimum absolute atomic E-state index is 0.167. The Morgan fingerprint density at radius 2 is 1.50 bits per heavy atom. The first-order chi connectivity index (χ1) is 4.91. The maximum atomic E-state index is 9.18. The Bertz CT molecular complexity index is 64.6. The molecule has 0 unspecified atom stereocenters. The van der Waals surface area contributed by atoms with Crippen LogP contribution in [0.25, 0.3) is 0 Å². The molecule has 7 heteroatoms. The van der Waals surface area contributed by atoms with Crippen LogP contribution in [-0.2, 0) is 18.8 Å². The molecular formula is C3H8B3O4. The molecule has 4 nitrogen and oxygen atoms in total. The first-order valence-electron chi connectivity index (χ1n) is 2.84. The van der Waals surface area contributed by atoms with E-state index in [2.05, 4.69) is 20.3 Å². The highest BCUT2D eigenvalue weighted by Gasteiger charge is 2.03. The summed E-state index contributed by atoms with van der Waals surface area (Å²) in [7, 11) is 1.12. The summed E-state index contributed by atoms with van der Waals surface area (Å²) in [5, 5.41) is 9.18. The van der Waals surface area contributed by atoms with Crippen LogP contribution in [0.3, 0.4) is 0 Å². The van der Waals surface area contributed by atoms with Crippen molar-refractivity contribution in [1.82, 2.24) is 0 Å². The molecule has 1 fully saturated rings. The Balaban J connectivity index is 0.000000180. The van der Waals surface area contributed by atoms with Gasteiger partial charge in [0.05, 0.1) is 0 Å². The quantitative estimate of drug-likeness (QED) is 0.327. The van der Waals surface area contributed by atoms with E-state index in [9.17, 15) is 5.11 Å². The van der Waals surface area contributed by atoms with E-state index in [1.807, 2.05) is 0 Å². The molecule has 0 bridgehead atoms. The molecule has 0 aromatic carbocycles. The first-order valence-corrected chi connectivity index (χ1v) is 2.84. The highest BCUT2D eigenvalue weighted by molar-refractivity contribution is 6.50. The average Bonchev–Trinajstić information content (AvgIpc) is 2.08. The van der Waals surface area contributed by atoms with Gasteiger partial charge in [-0.05, 0) is 0 Å². The van der Waals surface area contributed by atoms with Gasteiger partial charge < -0.3 is 13.7 Å². The SMILES string of the molecule is B1OBOBO1.C=CC[O]. The van der Waals surface area contributed by atoms with Crippen molar-refractivity contribution < 1.29 is 18.8 Å². The summed E-state index contributed by atoms with van der Waals surface area (Å²) in [6.45, 7) is 3.00. The Morgan fingerprint density at radius 3 is 1.60 bits per heavy atom. The third kappa shape index (κ3) is 7.77. The smallest absolute Gasteiger partial charge is 0.410 e. The predicted molar refractivity (Wildman–Crippen MR) is 40.5 cm³/mol. The van der Waals surface area contributed by atoms with Gasteiger partial charge in [0.1, 0.15) is 6.61 Å². The topological polar surface area (TPSA) is 47.6 Å². The van der Waals surface area contributed by atoms with E-state index in [1.54, 1.807) is 0 Å². The minimum Gasteiger partial charge on any atom is -0.458 e. The van der Waals surface area contributed by atoms with Crippen LogP contribution in [0.2, 0.25) is 0 Å². The second-order valence-electron chi connectivity index (χ2n) is 1.42. The van der Waals surface area contributed by atoms with Crippen LogP contribution in [0, 0.1) is 0 Å². The van der Waals surface area contributed by atoms with Crippen molar-refractivity contribution in [3.63, 3.8) is 0 Å². The molecule has 53 valence electrons. The summed E-state index contributed by atoms with van der Waals surface area (Å²) in [6.07, 6.45) is 1.32. The van der Waals surface area contributed by atoms with Gasteiger partial charge in [-0.1, -0.05) is 6.08 Å². The number of rotatable bonds is 1.